The Kier molecular flexibility index (Phi) is 5.49. The van der Waals surface area contributed by atoms with Gasteiger partial charge in [-0.1, -0.05) is 42.5 Å². The predicted molar refractivity (Wildman–Crippen MR) is 105 cm³/mol. The number of nitrogens with zero attached hydrogens (tertiary/aromatic N) is 3. The van der Waals surface area contributed by atoms with Gasteiger partial charge in [-0.05, 0) is 50.0 Å². The summed E-state index contributed by atoms with van der Waals surface area (Å²) in [5.74, 6) is 2.34. The van der Waals surface area contributed by atoms with Crippen LogP contribution in [0.3, 0.4) is 0 Å². The summed E-state index contributed by atoms with van der Waals surface area (Å²) < 4.78 is 11.4. The molecule has 0 N–H and O–H groups in total. The molecular weight excluding hydrogens is 338 g/mol. The Morgan fingerprint density at radius 3 is 2.74 bits per heavy atom. The van der Waals surface area contributed by atoms with E-state index in [1.807, 2.05) is 24.3 Å². The van der Waals surface area contributed by atoms with E-state index in [1.54, 1.807) is 7.11 Å². The van der Waals surface area contributed by atoms with Crippen molar-refractivity contribution < 1.29 is 9.15 Å². The van der Waals surface area contributed by atoms with Crippen molar-refractivity contribution in [1.29, 1.82) is 0 Å². The molecule has 4 rings (SSSR count). The van der Waals surface area contributed by atoms with Crippen LogP contribution in [0, 0.1) is 0 Å². The number of methoxy groups -OCH3 is 1. The SMILES string of the molecule is COc1ccccc1-c1nnc(C2CCN(CCCc3ccccc3)C2)o1. The number of benzene rings is 2. The van der Waals surface area contributed by atoms with Crippen molar-refractivity contribution >= 4 is 0 Å². The van der Waals surface area contributed by atoms with Crippen LogP contribution in [0.2, 0.25) is 0 Å². The topological polar surface area (TPSA) is 51.4 Å². The Bertz CT molecular complexity index is 863. The van der Waals surface area contributed by atoms with Gasteiger partial charge in [0, 0.05) is 6.54 Å². The van der Waals surface area contributed by atoms with Gasteiger partial charge in [-0.15, -0.1) is 10.2 Å². The van der Waals surface area contributed by atoms with Crippen molar-refractivity contribution in [3.05, 3.63) is 66.1 Å². The summed E-state index contributed by atoms with van der Waals surface area (Å²) in [5, 5.41) is 8.56. The maximum Gasteiger partial charge on any atom is 0.251 e. The van der Waals surface area contributed by atoms with Crippen LogP contribution in [-0.2, 0) is 6.42 Å². The average Bonchev–Trinajstić information content (AvgIpc) is 3.38. The molecule has 1 aliphatic heterocycles. The minimum Gasteiger partial charge on any atom is -0.496 e. The predicted octanol–water partition coefficient (Wildman–Crippen LogP) is 4.17. The molecule has 1 atom stereocenters. The normalized spacial score (nSPS) is 17.3. The number of para-hydroxylation sites is 1. The second-order valence-corrected chi connectivity index (χ2v) is 7.02. The standard InChI is InChI=1S/C22H25N3O2/c1-26-20-12-6-5-11-19(20)22-24-23-21(27-22)18-13-15-25(16-18)14-7-10-17-8-3-2-4-9-17/h2-6,8-9,11-12,18H,7,10,13-16H2,1H3. The minimum absolute atomic E-state index is 0.317. The summed E-state index contributed by atoms with van der Waals surface area (Å²) in [6.45, 7) is 3.19. The number of aromatic nitrogens is 2. The Morgan fingerprint density at radius 2 is 1.89 bits per heavy atom. The number of ether oxygens (including phenoxy) is 1. The molecule has 27 heavy (non-hydrogen) atoms. The highest BCUT2D eigenvalue weighted by molar-refractivity contribution is 5.62. The molecule has 3 aromatic rings. The molecule has 5 nitrogen and oxygen atoms in total. The van der Waals surface area contributed by atoms with E-state index in [-0.39, 0.29) is 0 Å². The van der Waals surface area contributed by atoms with E-state index in [2.05, 4.69) is 45.4 Å². The van der Waals surface area contributed by atoms with Crippen molar-refractivity contribution in [2.24, 2.45) is 0 Å². The highest BCUT2D eigenvalue weighted by Gasteiger charge is 2.28. The number of rotatable bonds is 7. The zero-order valence-electron chi connectivity index (χ0n) is 15.7. The van der Waals surface area contributed by atoms with Gasteiger partial charge >= 0.3 is 0 Å². The summed E-state index contributed by atoms with van der Waals surface area (Å²) in [6.07, 6.45) is 3.37. The fourth-order valence-corrected chi connectivity index (χ4v) is 3.72. The van der Waals surface area contributed by atoms with Gasteiger partial charge < -0.3 is 14.1 Å². The van der Waals surface area contributed by atoms with Crippen molar-refractivity contribution in [1.82, 2.24) is 15.1 Å². The minimum atomic E-state index is 0.317. The third-order valence-electron chi connectivity index (χ3n) is 5.18. The first-order valence-corrected chi connectivity index (χ1v) is 9.56. The molecule has 0 spiro atoms. The summed E-state index contributed by atoms with van der Waals surface area (Å²) in [6, 6.07) is 18.4. The monoisotopic (exact) mass is 363 g/mol. The Morgan fingerprint density at radius 1 is 1.07 bits per heavy atom. The lowest BCUT2D eigenvalue weighted by Crippen LogP contribution is -2.22. The first-order valence-electron chi connectivity index (χ1n) is 9.56. The quantitative estimate of drug-likeness (QED) is 0.631. The molecule has 0 radical (unpaired) electrons. The number of likely N-dealkylation sites (tertiary alicyclic amines) is 1. The van der Waals surface area contributed by atoms with Crippen LogP contribution in [0.5, 0.6) is 5.75 Å². The van der Waals surface area contributed by atoms with Gasteiger partial charge in [0.25, 0.3) is 5.89 Å². The van der Waals surface area contributed by atoms with E-state index in [0.29, 0.717) is 11.8 Å². The fraction of sp³-hybridized carbons (Fsp3) is 0.364. The lowest BCUT2D eigenvalue weighted by molar-refractivity contribution is 0.323. The largest absolute Gasteiger partial charge is 0.496 e. The average molecular weight is 363 g/mol. The Labute approximate surface area is 160 Å². The molecule has 0 aliphatic carbocycles. The zero-order valence-corrected chi connectivity index (χ0v) is 15.7. The van der Waals surface area contributed by atoms with Gasteiger partial charge in [-0.25, -0.2) is 0 Å². The molecule has 0 saturated carbocycles. The molecule has 0 amide bonds. The van der Waals surface area contributed by atoms with E-state index in [0.717, 1.165) is 49.7 Å². The maximum atomic E-state index is 5.99. The van der Waals surface area contributed by atoms with Gasteiger partial charge in [0.05, 0.1) is 18.6 Å². The molecule has 5 heteroatoms. The van der Waals surface area contributed by atoms with Crippen LogP contribution in [-0.4, -0.2) is 41.8 Å². The van der Waals surface area contributed by atoms with Gasteiger partial charge in [0.2, 0.25) is 5.89 Å². The number of hydrogen-bond donors (Lipinski definition) is 0. The van der Waals surface area contributed by atoms with Gasteiger partial charge in [-0.3, -0.25) is 0 Å². The molecule has 1 aromatic heterocycles. The summed E-state index contributed by atoms with van der Waals surface area (Å²) in [5.41, 5.74) is 2.25. The van der Waals surface area contributed by atoms with Crippen molar-refractivity contribution in [3.63, 3.8) is 0 Å². The van der Waals surface area contributed by atoms with Gasteiger partial charge in [0.1, 0.15) is 5.75 Å². The fourth-order valence-electron chi connectivity index (χ4n) is 3.72. The smallest absolute Gasteiger partial charge is 0.251 e. The summed E-state index contributed by atoms with van der Waals surface area (Å²) in [4.78, 5) is 2.50. The second kappa shape index (κ2) is 8.35. The highest BCUT2D eigenvalue weighted by Crippen LogP contribution is 2.32. The molecule has 1 unspecified atom stereocenters. The summed E-state index contributed by atoms with van der Waals surface area (Å²) >= 11 is 0. The van der Waals surface area contributed by atoms with E-state index < -0.39 is 0 Å². The first kappa shape index (κ1) is 17.7. The van der Waals surface area contributed by atoms with Gasteiger partial charge in [-0.2, -0.15) is 0 Å². The molecule has 2 aromatic carbocycles. The van der Waals surface area contributed by atoms with Crippen molar-refractivity contribution in [3.8, 4) is 17.2 Å². The van der Waals surface area contributed by atoms with Crippen LogP contribution >= 0.6 is 0 Å². The van der Waals surface area contributed by atoms with Crippen molar-refractivity contribution in [2.75, 3.05) is 26.7 Å². The number of aryl methyl sites for hydroxylation is 1. The lowest BCUT2D eigenvalue weighted by atomic mass is 10.1. The number of hydrogen-bond acceptors (Lipinski definition) is 5. The molecule has 2 heterocycles. The zero-order chi connectivity index (χ0) is 18.5. The third kappa shape index (κ3) is 4.19. The second-order valence-electron chi connectivity index (χ2n) is 7.02. The van der Waals surface area contributed by atoms with E-state index in [4.69, 9.17) is 9.15 Å². The molecule has 1 aliphatic rings. The van der Waals surface area contributed by atoms with Crippen LogP contribution in [0.1, 0.15) is 30.2 Å². The van der Waals surface area contributed by atoms with E-state index in [9.17, 15) is 0 Å². The van der Waals surface area contributed by atoms with Crippen LogP contribution in [0.4, 0.5) is 0 Å². The van der Waals surface area contributed by atoms with Crippen LogP contribution < -0.4 is 4.74 Å². The first-order chi connectivity index (χ1) is 13.3. The van der Waals surface area contributed by atoms with E-state index >= 15 is 0 Å². The Hall–Kier alpha value is -2.66. The summed E-state index contributed by atoms with van der Waals surface area (Å²) in [7, 11) is 1.65. The molecule has 0 bridgehead atoms. The van der Waals surface area contributed by atoms with Crippen LogP contribution in [0.25, 0.3) is 11.5 Å². The molecule has 140 valence electrons. The maximum absolute atomic E-state index is 5.99. The van der Waals surface area contributed by atoms with Crippen LogP contribution in [0.15, 0.2) is 59.0 Å². The third-order valence-corrected chi connectivity index (χ3v) is 5.18. The molecule has 1 saturated heterocycles. The van der Waals surface area contributed by atoms with E-state index in [1.165, 1.54) is 12.0 Å². The highest BCUT2D eigenvalue weighted by atomic mass is 16.5. The Balaban J connectivity index is 1.33. The molecular formula is C22H25N3O2. The molecule has 1 fully saturated rings. The van der Waals surface area contributed by atoms with Gasteiger partial charge in [0.15, 0.2) is 0 Å². The lowest BCUT2D eigenvalue weighted by Gasteiger charge is -2.14. The van der Waals surface area contributed by atoms with Crippen molar-refractivity contribution in [2.45, 2.75) is 25.2 Å².